The predicted octanol–water partition coefficient (Wildman–Crippen LogP) is 3.75. The number of hydrogen-bond donors (Lipinski definition) is 1. The number of aromatic hydroxyl groups is 1. The van der Waals surface area contributed by atoms with E-state index in [1.54, 1.807) is 0 Å². The Morgan fingerprint density at radius 3 is 2.37 bits per heavy atom. The molecule has 1 aromatic carbocycles. The van der Waals surface area contributed by atoms with Crippen LogP contribution < -0.4 is 0 Å². The molecule has 1 aliphatic rings. The van der Waals surface area contributed by atoms with Crippen molar-refractivity contribution in [3.05, 3.63) is 29.3 Å². The first kappa shape index (κ1) is 14.4. The smallest absolute Gasteiger partial charge is 0.115 e. The maximum absolute atomic E-state index is 9.46. The summed E-state index contributed by atoms with van der Waals surface area (Å²) in [6.45, 7) is 11.4. The van der Waals surface area contributed by atoms with Gasteiger partial charge in [-0.2, -0.15) is 0 Å². The second kappa shape index (κ2) is 5.54. The molecule has 19 heavy (non-hydrogen) atoms. The van der Waals surface area contributed by atoms with E-state index in [-0.39, 0.29) is 0 Å². The van der Waals surface area contributed by atoms with Crippen molar-refractivity contribution < 1.29 is 5.11 Å². The number of rotatable bonds is 2. The summed E-state index contributed by atoms with van der Waals surface area (Å²) in [7, 11) is 0. The van der Waals surface area contributed by atoms with E-state index < -0.39 is 0 Å². The molecule has 0 bridgehead atoms. The molecule has 0 atom stereocenters. The van der Waals surface area contributed by atoms with Crippen LogP contribution >= 0.6 is 0 Å². The Balaban J connectivity index is 1.92. The van der Waals surface area contributed by atoms with Crippen molar-refractivity contribution in [2.75, 3.05) is 13.1 Å². The van der Waals surface area contributed by atoms with Gasteiger partial charge in [-0.3, -0.25) is 4.90 Å². The molecule has 1 fully saturated rings. The normalized spacial score (nSPS) is 18.7. The molecular weight excluding hydrogens is 234 g/mol. The molecule has 0 amide bonds. The summed E-state index contributed by atoms with van der Waals surface area (Å²) >= 11 is 0. The molecule has 0 unspecified atom stereocenters. The molecule has 1 heterocycles. The van der Waals surface area contributed by atoms with Gasteiger partial charge < -0.3 is 5.11 Å². The van der Waals surface area contributed by atoms with Gasteiger partial charge in [-0.25, -0.2) is 0 Å². The van der Waals surface area contributed by atoms with Gasteiger partial charge in [0.2, 0.25) is 0 Å². The van der Waals surface area contributed by atoms with Gasteiger partial charge >= 0.3 is 0 Å². The van der Waals surface area contributed by atoms with Crippen LogP contribution in [0.1, 0.15) is 44.7 Å². The monoisotopic (exact) mass is 261 g/mol. The van der Waals surface area contributed by atoms with Gasteiger partial charge in [-0.15, -0.1) is 0 Å². The molecule has 2 nitrogen and oxygen atoms in total. The van der Waals surface area contributed by atoms with Crippen LogP contribution in [0.5, 0.6) is 5.75 Å². The number of hydrogen-bond acceptors (Lipinski definition) is 2. The molecule has 0 radical (unpaired) electrons. The molecule has 1 saturated heterocycles. The number of nitrogens with zero attached hydrogens (tertiary/aromatic N) is 1. The fourth-order valence-electron chi connectivity index (χ4n) is 3.03. The SMILES string of the molecule is Cc1cc(O)ccc1CC1CCN(C(C)(C)C)CC1. The Bertz CT molecular complexity index is 425. The Hall–Kier alpha value is -1.02. The van der Waals surface area contributed by atoms with Gasteiger partial charge in [-0.1, -0.05) is 6.07 Å². The van der Waals surface area contributed by atoms with Crippen LogP contribution in [0.4, 0.5) is 0 Å². The third-order valence-electron chi connectivity index (χ3n) is 4.40. The van der Waals surface area contributed by atoms with Gasteiger partial charge in [0.25, 0.3) is 0 Å². The zero-order chi connectivity index (χ0) is 14.0. The fourth-order valence-corrected chi connectivity index (χ4v) is 3.03. The highest BCUT2D eigenvalue weighted by Gasteiger charge is 2.27. The Morgan fingerprint density at radius 1 is 1.21 bits per heavy atom. The molecule has 2 rings (SSSR count). The average Bonchev–Trinajstić information content (AvgIpc) is 2.32. The first-order valence-electron chi connectivity index (χ1n) is 7.40. The average molecular weight is 261 g/mol. The molecule has 0 aromatic heterocycles. The third kappa shape index (κ3) is 3.73. The van der Waals surface area contributed by atoms with Crippen molar-refractivity contribution in [2.45, 2.75) is 52.5 Å². The van der Waals surface area contributed by atoms with E-state index in [0.29, 0.717) is 11.3 Å². The first-order chi connectivity index (χ1) is 8.86. The lowest BCUT2D eigenvalue weighted by molar-refractivity contribution is 0.0875. The summed E-state index contributed by atoms with van der Waals surface area (Å²) in [5.74, 6) is 1.17. The topological polar surface area (TPSA) is 23.5 Å². The lowest BCUT2D eigenvalue weighted by Gasteiger charge is -2.41. The van der Waals surface area contributed by atoms with Crippen molar-refractivity contribution in [3.63, 3.8) is 0 Å². The van der Waals surface area contributed by atoms with E-state index >= 15 is 0 Å². The summed E-state index contributed by atoms with van der Waals surface area (Å²) in [6, 6.07) is 5.77. The van der Waals surface area contributed by atoms with Crippen LogP contribution in [0.15, 0.2) is 18.2 Å². The fraction of sp³-hybridized carbons (Fsp3) is 0.647. The van der Waals surface area contributed by atoms with Crippen LogP contribution in [0.3, 0.4) is 0 Å². The predicted molar refractivity (Wildman–Crippen MR) is 80.6 cm³/mol. The molecule has 106 valence electrons. The minimum atomic E-state index is 0.305. The Labute approximate surface area is 117 Å². The van der Waals surface area contributed by atoms with E-state index in [0.717, 1.165) is 12.3 Å². The molecule has 0 spiro atoms. The van der Waals surface area contributed by atoms with E-state index in [9.17, 15) is 5.11 Å². The number of likely N-dealkylation sites (tertiary alicyclic amines) is 1. The first-order valence-corrected chi connectivity index (χ1v) is 7.40. The van der Waals surface area contributed by atoms with Gasteiger partial charge in [0.1, 0.15) is 5.75 Å². The highest BCUT2D eigenvalue weighted by atomic mass is 16.3. The Kier molecular flexibility index (Phi) is 4.19. The van der Waals surface area contributed by atoms with E-state index in [4.69, 9.17) is 0 Å². The number of piperidine rings is 1. The Morgan fingerprint density at radius 2 is 1.84 bits per heavy atom. The van der Waals surface area contributed by atoms with Crippen molar-refractivity contribution in [1.82, 2.24) is 4.90 Å². The molecular formula is C17H27NO. The van der Waals surface area contributed by atoms with Crippen LogP contribution in [0, 0.1) is 12.8 Å². The minimum absolute atomic E-state index is 0.305. The molecule has 1 aromatic rings. The quantitative estimate of drug-likeness (QED) is 0.876. The van der Waals surface area contributed by atoms with Crippen molar-refractivity contribution >= 4 is 0 Å². The molecule has 2 heteroatoms. The lowest BCUT2D eigenvalue weighted by atomic mass is 9.87. The number of phenolic OH excluding ortho intramolecular Hbond substituents is 1. The van der Waals surface area contributed by atoms with Gasteiger partial charge in [0.05, 0.1) is 0 Å². The largest absolute Gasteiger partial charge is 0.508 e. The van der Waals surface area contributed by atoms with E-state index in [1.165, 1.54) is 37.1 Å². The highest BCUT2D eigenvalue weighted by Crippen LogP contribution is 2.27. The summed E-state index contributed by atoms with van der Waals surface area (Å²) < 4.78 is 0. The van der Waals surface area contributed by atoms with Crippen LogP contribution in [0.2, 0.25) is 0 Å². The second-order valence-corrected chi connectivity index (χ2v) is 6.92. The summed E-state index contributed by atoms with van der Waals surface area (Å²) in [6.07, 6.45) is 3.74. The van der Waals surface area contributed by atoms with Crippen LogP contribution in [-0.4, -0.2) is 28.6 Å². The summed E-state index contributed by atoms with van der Waals surface area (Å²) in [5.41, 5.74) is 2.92. The number of benzene rings is 1. The molecule has 1 N–H and O–H groups in total. The minimum Gasteiger partial charge on any atom is -0.508 e. The zero-order valence-electron chi connectivity index (χ0n) is 12.7. The highest BCUT2D eigenvalue weighted by molar-refractivity contribution is 5.34. The van der Waals surface area contributed by atoms with Crippen LogP contribution in [-0.2, 0) is 6.42 Å². The standard InChI is InChI=1S/C17H27NO/c1-13-11-16(19)6-5-15(13)12-14-7-9-18(10-8-14)17(2,3)4/h5-6,11,14,19H,7-10,12H2,1-4H3. The van der Waals surface area contributed by atoms with E-state index in [2.05, 4.69) is 38.7 Å². The van der Waals surface area contributed by atoms with Gasteiger partial charge in [-0.05, 0) is 89.2 Å². The summed E-state index contributed by atoms with van der Waals surface area (Å²) in [4.78, 5) is 2.59. The maximum atomic E-state index is 9.46. The molecule has 0 aliphatic carbocycles. The third-order valence-corrected chi connectivity index (χ3v) is 4.40. The number of phenols is 1. The molecule has 0 saturated carbocycles. The summed E-state index contributed by atoms with van der Waals surface area (Å²) in [5, 5.41) is 9.46. The lowest BCUT2D eigenvalue weighted by Crippen LogP contribution is -2.46. The van der Waals surface area contributed by atoms with Crippen molar-refractivity contribution in [2.24, 2.45) is 5.92 Å². The van der Waals surface area contributed by atoms with Crippen molar-refractivity contribution in [1.29, 1.82) is 0 Å². The second-order valence-electron chi connectivity index (χ2n) is 6.92. The number of aryl methyl sites for hydroxylation is 1. The van der Waals surface area contributed by atoms with Gasteiger partial charge in [0, 0.05) is 5.54 Å². The van der Waals surface area contributed by atoms with Gasteiger partial charge in [0.15, 0.2) is 0 Å². The maximum Gasteiger partial charge on any atom is 0.115 e. The van der Waals surface area contributed by atoms with Crippen LogP contribution in [0.25, 0.3) is 0 Å². The molecule has 1 aliphatic heterocycles. The zero-order valence-corrected chi connectivity index (χ0v) is 12.7. The van der Waals surface area contributed by atoms with E-state index in [1.807, 2.05) is 12.1 Å². The van der Waals surface area contributed by atoms with Crippen molar-refractivity contribution in [3.8, 4) is 5.75 Å².